The first-order chi connectivity index (χ1) is 13.8. The molecule has 0 aliphatic heterocycles. The lowest BCUT2D eigenvalue weighted by atomic mass is 9.90. The number of hydrogen-bond acceptors (Lipinski definition) is 5. The average Bonchev–Trinajstić information content (AvgIpc) is 3.28. The molecule has 3 aromatic rings. The zero-order valence-electron chi connectivity index (χ0n) is 17.1. The molecule has 1 unspecified atom stereocenters. The Morgan fingerprint density at radius 2 is 2.00 bits per heavy atom. The van der Waals surface area contributed by atoms with Gasteiger partial charge in [0.2, 0.25) is 0 Å². The molecule has 0 fully saturated rings. The van der Waals surface area contributed by atoms with Gasteiger partial charge < -0.3 is 0 Å². The second kappa shape index (κ2) is 7.59. The van der Waals surface area contributed by atoms with Crippen molar-refractivity contribution in [2.75, 3.05) is 0 Å². The Labute approximate surface area is 173 Å². The van der Waals surface area contributed by atoms with Crippen LogP contribution in [0.4, 0.5) is 0 Å². The van der Waals surface area contributed by atoms with E-state index >= 15 is 0 Å². The van der Waals surface area contributed by atoms with Crippen molar-refractivity contribution in [3.8, 4) is 0 Å². The molecule has 8 heteroatoms. The molecular weight excluding hydrogens is 386 g/mol. The molecule has 0 spiro atoms. The summed E-state index contributed by atoms with van der Waals surface area (Å²) in [5.41, 5.74) is 8.08. The van der Waals surface area contributed by atoms with Gasteiger partial charge >= 0.3 is 0 Å². The number of pyridine rings is 1. The highest BCUT2D eigenvalue weighted by Crippen LogP contribution is 2.32. The van der Waals surface area contributed by atoms with E-state index in [9.17, 15) is 9.59 Å². The molecule has 2 N–H and O–H groups in total. The number of rotatable bonds is 3. The quantitative estimate of drug-likeness (QED) is 0.645. The largest absolute Gasteiger partial charge is 0.279 e. The first-order valence-corrected chi connectivity index (χ1v) is 10.7. The molecule has 2 amide bonds. The summed E-state index contributed by atoms with van der Waals surface area (Å²) in [7, 11) is 0. The highest BCUT2D eigenvalue weighted by molar-refractivity contribution is 7.14. The number of aryl methyl sites for hydroxylation is 2. The standard InChI is InChI=1S/C21H25N5O2S/c1-11(2)26-19-15(10-22-26)8-16(13(4)23-19)20(27)24-25-21(28)18-9-14-7-12(3)5-6-17(14)29-18/h8-12H,5-7H2,1-4H3,(H,24,27)(H,25,28). The fourth-order valence-electron chi connectivity index (χ4n) is 3.73. The number of thiophene rings is 1. The Kier molecular flexibility index (Phi) is 5.12. The number of amides is 2. The minimum atomic E-state index is -0.391. The lowest BCUT2D eigenvalue weighted by molar-refractivity contribution is 0.0848. The Balaban J connectivity index is 1.47. The fraction of sp³-hybridized carbons (Fsp3) is 0.429. The molecule has 1 aliphatic carbocycles. The minimum Gasteiger partial charge on any atom is -0.267 e. The van der Waals surface area contributed by atoms with Crippen molar-refractivity contribution in [1.82, 2.24) is 25.6 Å². The van der Waals surface area contributed by atoms with E-state index in [1.54, 1.807) is 19.2 Å². The summed E-state index contributed by atoms with van der Waals surface area (Å²) < 4.78 is 1.82. The van der Waals surface area contributed by atoms with Crippen LogP contribution in [0.5, 0.6) is 0 Å². The van der Waals surface area contributed by atoms with Crippen LogP contribution in [0.25, 0.3) is 11.0 Å². The van der Waals surface area contributed by atoms with E-state index in [1.165, 1.54) is 21.8 Å². The van der Waals surface area contributed by atoms with E-state index in [1.807, 2.05) is 24.6 Å². The smallest absolute Gasteiger partial charge is 0.267 e. The third-order valence-electron chi connectivity index (χ3n) is 5.34. The van der Waals surface area contributed by atoms with Crippen LogP contribution in [0, 0.1) is 12.8 Å². The molecule has 0 aromatic carbocycles. The molecule has 29 heavy (non-hydrogen) atoms. The number of aromatic nitrogens is 3. The van der Waals surface area contributed by atoms with E-state index in [2.05, 4.69) is 27.9 Å². The molecule has 0 bridgehead atoms. The predicted molar refractivity (Wildman–Crippen MR) is 113 cm³/mol. The number of nitrogens with zero attached hydrogens (tertiary/aromatic N) is 3. The summed E-state index contributed by atoms with van der Waals surface area (Å²) in [6, 6.07) is 3.89. The van der Waals surface area contributed by atoms with Gasteiger partial charge in [-0.3, -0.25) is 20.4 Å². The fourth-order valence-corrected chi connectivity index (χ4v) is 4.84. The molecule has 4 rings (SSSR count). The summed E-state index contributed by atoms with van der Waals surface area (Å²) in [4.78, 5) is 31.6. The van der Waals surface area contributed by atoms with Crippen molar-refractivity contribution in [3.63, 3.8) is 0 Å². The van der Waals surface area contributed by atoms with Crippen molar-refractivity contribution in [2.24, 2.45) is 5.92 Å². The zero-order chi connectivity index (χ0) is 20.7. The van der Waals surface area contributed by atoms with Gasteiger partial charge in [-0.25, -0.2) is 9.67 Å². The summed E-state index contributed by atoms with van der Waals surface area (Å²) in [6.07, 6.45) is 4.90. The molecule has 0 radical (unpaired) electrons. The van der Waals surface area contributed by atoms with E-state index in [-0.39, 0.29) is 11.9 Å². The van der Waals surface area contributed by atoms with Gasteiger partial charge in [-0.05, 0) is 63.6 Å². The second-order valence-electron chi connectivity index (χ2n) is 8.03. The lowest BCUT2D eigenvalue weighted by Gasteiger charge is -2.16. The first kappa shape index (κ1) is 19.6. The molecule has 3 heterocycles. The monoisotopic (exact) mass is 411 g/mol. The summed E-state index contributed by atoms with van der Waals surface area (Å²) in [5, 5.41) is 5.13. The summed E-state index contributed by atoms with van der Waals surface area (Å²) in [5.74, 6) is -0.0274. The van der Waals surface area contributed by atoms with E-state index in [4.69, 9.17) is 0 Å². The number of hydrogen-bond donors (Lipinski definition) is 2. The van der Waals surface area contributed by atoms with Gasteiger partial charge in [-0.2, -0.15) is 5.10 Å². The third-order valence-corrected chi connectivity index (χ3v) is 6.57. The van der Waals surface area contributed by atoms with Gasteiger partial charge in [0.05, 0.1) is 22.3 Å². The first-order valence-electron chi connectivity index (χ1n) is 9.90. The van der Waals surface area contributed by atoms with Gasteiger partial charge in [-0.15, -0.1) is 11.3 Å². The zero-order valence-corrected chi connectivity index (χ0v) is 17.9. The highest BCUT2D eigenvalue weighted by atomic mass is 32.1. The van der Waals surface area contributed by atoms with Crippen LogP contribution in [-0.4, -0.2) is 26.6 Å². The predicted octanol–water partition coefficient (Wildman–Crippen LogP) is 3.58. The molecule has 0 saturated heterocycles. The Bertz CT molecular complexity index is 1100. The number of hydrazine groups is 1. The van der Waals surface area contributed by atoms with Crippen molar-refractivity contribution >= 4 is 34.2 Å². The molecule has 152 valence electrons. The van der Waals surface area contributed by atoms with E-state index in [0.717, 1.165) is 30.3 Å². The van der Waals surface area contributed by atoms with Crippen LogP contribution in [0.1, 0.15) is 69.4 Å². The number of carbonyl (C=O) groups excluding carboxylic acids is 2. The van der Waals surface area contributed by atoms with Crippen molar-refractivity contribution in [3.05, 3.63) is 44.9 Å². The minimum absolute atomic E-state index is 0.179. The van der Waals surface area contributed by atoms with Crippen LogP contribution >= 0.6 is 11.3 Å². The van der Waals surface area contributed by atoms with Crippen molar-refractivity contribution in [2.45, 2.75) is 53.0 Å². The topological polar surface area (TPSA) is 88.9 Å². The van der Waals surface area contributed by atoms with Crippen LogP contribution in [0.2, 0.25) is 0 Å². The van der Waals surface area contributed by atoms with Crippen LogP contribution in [-0.2, 0) is 12.8 Å². The summed E-state index contributed by atoms with van der Waals surface area (Å²) in [6.45, 7) is 8.08. The maximum absolute atomic E-state index is 12.6. The average molecular weight is 412 g/mol. The number of carbonyl (C=O) groups is 2. The lowest BCUT2D eigenvalue weighted by Crippen LogP contribution is -2.41. The second-order valence-corrected chi connectivity index (χ2v) is 9.17. The van der Waals surface area contributed by atoms with E-state index < -0.39 is 5.91 Å². The van der Waals surface area contributed by atoms with Gasteiger partial charge in [0.15, 0.2) is 5.65 Å². The molecule has 0 saturated carbocycles. The van der Waals surface area contributed by atoms with Crippen molar-refractivity contribution < 1.29 is 9.59 Å². The number of fused-ring (bicyclic) bond motifs is 2. The normalized spacial score (nSPS) is 16.1. The van der Waals surface area contributed by atoms with Gasteiger partial charge in [-0.1, -0.05) is 6.92 Å². The molecule has 1 aliphatic rings. The number of nitrogens with one attached hydrogen (secondary N) is 2. The highest BCUT2D eigenvalue weighted by Gasteiger charge is 2.21. The van der Waals surface area contributed by atoms with Gasteiger partial charge in [0.1, 0.15) is 0 Å². The maximum atomic E-state index is 12.6. The van der Waals surface area contributed by atoms with Gasteiger partial charge in [0, 0.05) is 16.3 Å². The Morgan fingerprint density at radius 1 is 1.24 bits per heavy atom. The van der Waals surface area contributed by atoms with Crippen LogP contribution in [0.15, 0.2) is 18.3 Å². The van der Waals surface area contributed by atoms with Crippen LogP contribution < -0.4 is 10.9 Å². The summed E-state index contributed by atoms with van der Waals surface area (Å²) >= 11 is 1.52. The van der Waals surface area contributed by atoms with Crippen LogP contribution in [0.3, 0.4) is 0 Å². The molecule has 7 nitrogen and oxygen atoms in total. The van der Waals surface area contributed by atoms with E-state index in [0.29, 0.717) is 22.1 Å². The van der Waals surface area contributed by atoms with Crippen molar-refractivity contribution in [1.29, 1.82) is 0 Å². The maximum Gasteiger partial charge on any atom is 0.279 e. The Hall–Kier alpha value is -2.74. The molecular formula is C21H25N5O2S. The SMILES string of the molecule is Cc1nc2c(cnn2C(C)C)cc1C(=O)NNC(=O)c1cc2c(s1)CCC(C)C2. The third kappa shape index (κ3) is 3.76. The Morgan fingerprint density at radius 3 is 2.76 bits per heavy atom. The molecule has 3 aromatic heterocycles. The van der Waals surface area contributed by atoms with Gasteiger partial charge in [0.25, 0.3) is 11.8 Å². The molecule has 1 atom stereocenters.